The molecule has 0 fully saturated rings. The Hall–Kier alpha value is -1.75. The van der Waals surface area contributed by atoms with Crippen molar-refractivity contribution in [2.24, 2.45) is 0 Å². The maximum atomic E-state index is 11.9. The van der Waals surface area contributed by atoms with Crippen molar-refractivity contribution >= 4 is 11.7 Å². The van der Waals surface area contributed by atoms with E-state index in [1.165, 1.54) is 0 Å². The molecule has 1 aromatic rings. The van der Waals surface area contributed by atoms with Crippen molar-refractivity contribution in [2.75, 3.05) is 19.5 Å². The smallest absolute Gasteiger partial charge is 0.338 e. The molecular formula is C16H25NO4. The van der Waals surface area contributed by atoms with Gasteiger partial charge in [0.2, 0.25) is 0 Å². The molecule has 0 aliphatic rings. The quantitative estimate of drug-likeness (QED) is 0.618. The molecule has 0 amide bonds. The Morgan fingerprint density at radius 3 is 2.52 bits per heavy atom. The predicted octanol–water partition coefficient (Wildman–Crippen LogP) is 3.03. The van der Waals surface area contributed by atoms with Crippen LogP contribution in [0.1, 0.15) is 44.5 Å². The van der Waals surface area contributed by atoms with Gasteiger partial charge in [0.1, 0.15) is 5.75 Å². The third-order valence-electron chi connectivity index (χ3n) is 3.10. The zero-order chi connectivity index (χ0) is 16.0. The first-order valence-electron chi connectivity index (χ1n) is 7.03. The second-order valence-electron chi connectivity index (χ2n) is 5.77. The van der Waals surface area contributed by atoms with Gasteiger partial charge in [-0.25, -0.2) is 4.79 Å². The van der Waals surface area contributed by atoms with E-state index in [4.69, 9.17) is 19.9 Å². The lowest BCUT2D eigenvalue weighted by Crippen LogP contribution is -2.25. The highest BCUT2D eigenvalue weighted by Gasteiger charge is 2.18. The summed E-state index contributed by atoms with van der Waals surface area (Å²) in [6.45, 7) is 8.01. The van der Waals surface area contributed by atoms with Crippen molar-refractivity contribution in [3.05, 3.63) is 23.8 Å². The van der Waals surface area contributed by atoms with Crippen molar-refractivity contribution in [3.63, 3.8) is 0 Å². The number of hydrogen-bond donors (Lipinski definition) is 1. The number of methoxy groups -OCH3 is 1. The Labute approximate surface area is 126 Å². The molecule has 0 saturated carbocycles. The molecule has 0 aliphatic carbocycles. The Bertz CT molecular complexity index is 483. The summed E-state index contributed by atoms with van der Waals surface area (Å²) < 4.78 is 16.0. The van der Waals surface area contributed by atoms with E-state index < -0.39 is 5.97 Å². The molecule has 0 atom stereocenters. The molecule has 0 aromatic heterocycles. The van der Waals surface area contributed by atoms with Gasteiger partial charge in [-0.1, -0.05) is 0 Å². The van der Waals surface area contributed by atoms with E-state index in [9.17, 15) is 4.79 Å². The molecule has 21 heavy (non-hydrogen) atoms. The van der Waals surface area contributed by atoms with Gasteiger partial charge in [0, 0.05) is 13.5 Å². The molecule has 5 heteroatoms. The van der Waals surface area contributed by atoms with E-state index in [1.54, 1.807) is 25.3 Å². The van der Waals surface area contributed by atoms with Crippen molar-refractivity contribution < 1.29 is 19.0 Å². The summed E-state index contributed by atoms with van der Waals surface area (Å²) in [5.74, 6) is 0.173. The van der Waals surface area contributed by atoms with Crippen molar-refractivity contribution in [1.29, 1.82) is 0 Å². The SMILES string of the molecule is COC(C)(C)CCOC(=O)c1ccc(OC(C)C)c(N)c1. The predicted molar refractivity (Wildman–Crippen MR) is 82.6 cm³/mol. The van der Waals surface area contributed by atoms with Crippen LogP contribution in [0.25, 0.3) is 0 Å². The van der Waals surface area contributed by atoms with Crippen LogP contribution < -0.4 is 10.5 Å². The second-order valence-corrected chi connectivity index (χ2v) is 5.77. The molecule has 1 aromatic carbocycles. The standard InChI is InChI=1S/C16H25NO4/c1-11(2)21-14-7-6-12(10-13(14)17)15(18)20-9-8-16(3,4)19-5/h6-7,10-11H,8-9,17H2,1-5H3. The average molecular weight is 295 g/mol. The zero-order valence-corrected chi connectivity index (χ0v) is 13.4. The van der Waals surface area contributed by atoms with Crippen LogP contribution in [0.2, 0.25) is 0 Å². The number of anilines is 1. The van der Waals surface area contributed by atoms with Crippen molar-refractivity contribution in [2.45, 2.75) is 45.8 Å². The number of nitrogen functional groups attached to an aromatic ring is 1. The molecular weight excluding hydrogens is 270 g/mol. The molecule has 118 valence electrons. The minimum atomic E-state index is -0.398. The summed E-state index contributed by atoms with van der Waals surface area (Å²) in [5.41, 5.74) is 6.40. The Morgan fingerprint density at radius 1 is 1.33 bits per heavy atom. The molecule has 0 radical (unpaired) electrons. The van der Waals surface area contributed by atoms with E-state index in [2.05, 4.69) is 0 Å². The summed E-state index contributed by atoms with van der Waals surface area (Å²) in [7, 11) is 1.63. The third kappa shape index (κ3) is 5.63. The van der Waals surface area contributed by atoms with Crippen LogP contribution in [0.3, 0.4) is 0 Å². The normalized spacial score (nSPS) is 11.5. The van der Waals surface area contributed by atoms with Crippen LogP contribution in [0, 0.1) is 0 Å². The summed E-state index contributed by atoms with van der Waals surface area (Å²) in [6.07, 6.45) is 0.653. The molecule has 0 bridgehead atoms. The molecule has 0 unspecified atom stereocenters. The largest absolute Gasteiger partial charge is 0.489 e. The fourth-order valence-electron chi connectivity index (χ4n) is 1.61. The lowest BCUT2D eigenvalue weighted by atomic mass is 10.1. The molecule has 5 nitrogen and oxygen atoms in total. The molecule has 0 aliphatic heterocycles. The van der Waals surface area contributed by atoms with Gasteiger partial charge in [-0.2, -0.15) is 0 Å². The number of ether oxygens (including phenoxy) is 3. The Kier molecular flexibility index (Phi) is 6.03. The van der Waals surface area contributed by atoms with Gasteiger partial charge in [-0.15, -0.1) is 0 Å². The van der Waals surface area contributed by atoms with Gasteiger partial charge in [-0.3, -0.25) is 0 Å². The number of esters is 1. The number of rotatable bonds is 7. The number of benzene rings is 1. The summed E-state index contributed by atoms with van der Waals surface area (Å²) in [4.78, 5) is 11.9. The van der Waals surface area contributed by atoms with Crippen LogP contribution >= 0.6 is 0 Å². The van der Waals surface area contributed by atoms with Gasteiger partial charge in [0.25, 0.3) is 0 Å². The van der Waals surface area contributed by atoms with E-state index >= 15 is 0 Å². The minimum absolute atomic E-state index is 0.0291. The zero-order valence-electron chi connectivity index (χ0n) is 13.4. The minimum Gasteiger partial charge on any atom is -0.489 e. The molecule has 0 spiro atoms. The average Bonchev–Trinajstić information content (AvgIpc) is 2.40. The summed E-state index contributed by atoms with van der Waals surface area (Å²) in [6, 6.07) is 4.91. The van der Waals surface area contributed by atoms with Gasteiger partial charge in [0.15, 0.2) is 0 Å². The topological polar surface area (TPSA) is 70.8 Å². The number of hydrogen-bond acceptors (Lipinski definition) is 5. The van der Waals surface area contributed by atoms with Crippen LogP contribution in [-0.2, 0) is 9.47 Å². The van der Waals surface area contributed by atoms with Crippen LogP contribution in [0.5, 0.6) is 5.75 Å². The van der Waals surface area contributed by atoms with E-state index in [0.717, 1.165) is 0 Å². The first-order valence-corrected chi connectivity index (χ1v) is 7.03. The van der Waals surface area contributed by atoms with Crippen LogP contribution in [0.4, 0.5) is 5.69 Å². The van der Waals surface area contributed by atoms with Gasteiger partial charge in [0.05, 0.1) is 29.6 Å². The monoisotopic (exact) mass is 295 g/mol. The maximum absolute atomic E-state index is 11.9. The molecule has 2 N–H and O–H groups in total. The highest BCUT2D eigenvalue weighted by atomic mass is 16.5. The van der Waals surface area contributed by atoms with Gasteiger partial charge < -0.3 is 19.9 Å². The molecule has 0 saturated heterocycles. The first kappa shape index (κ1) is 17.3. The van der Waals surface area contributed by atoms with Gasteiger partial charge >= 0.3 is 5.97 Å². The number of nitrogens with two attached hydrogens (primary N) is 1. The van der Waals surface area contributed by atoms with Crippen molar-refractivity contribution in [1.82, 2.24) is 0 Å². The van der Waals surface area contributed by atoms with Crippen molar-refractivity contribution in [3.8, 4) is 5.75 Å². The van der Waals surface area contributed by atoms with Crippen LogP contribution in [0.15, 0.2) is 18.2 Å². The maximum Gasteiger partial charge on any atom is 0.338 e. The highest BCUT2D eigenvalue weighted by molar-refractivity contribution is 5.91. The Balaban J connectivity index is 2.61. The lowest BCUT2D eigenvalue weighted by Gasteiger charge is -2.22. The van der Waals surface area contributed by atoms with E-state index in [1.807, 2.05) is 27.7 Å². The Morgan fingerprint density at radius 2 is 2.00 bits per heavy atom. The lowest BCUT2D eigenvalue weighted by molar-refractivity contribution is -0.00563. The fourth-order valence-corrected chi connectivity index (χ4v) is 1.61. The van der Waals surface area contributed by atoms with E-state index in [0.29, 0.717) is 30.0 Å². The highest BCUT2D eigenvalue weighted by Crippen LogP contribution is 2.24. The number of carbonyl (C=O) groups excluding carboxylic acids is 1. The summed E-state index contributed by atoms with van der Waals surface area (Å²) in [5, 5.41) is 0. The first-order chi connectivity index (χ1) is 9.75. The van der Waals surface area contributed by atoms with Gasteiger partial charge in [-0.05, 0) is 45.9 Å². The molecule has 0 heterocycles. The number of carbonyl (C=O) groups is 1. The molecule has 1 rings (SSSR count). The fraction of sp³-hybridized carbons (Fsp3) is 0.562. The van der Waals surface area contributed by atoms with Crippen LogP contribution in [-0.4, -0.2) is 31.4 Å². The second kappa shape index (κ2) is 7.31. The van der Waals surface area contributed by atoms with E-state index in [-0.39, 0.29) is 11.7 Å². The summed E-state index contributed by atoms with van der Waals surface area (Å²) >= 11 is 0. The third-order valence-corrected chi connectivity index (χ3v) is 3.10.